The molecule has 0 fully saturated rings. The van der Waals surface area contributed by atoms with E-state index in [1.807, 2.05) is 91.0 Å². The van der Waals surface area contributed by atoms with Crippen LogP contribution < -0.4 is 0 Å². The van der Waals surface area contributed by atoms with E-state index < -0.39 is 20.4 Å². The molecule has 3 rings (SSSR count). The van der Waals surface area contributed by atoms with Gasteiger partial charge in [-0.05, 0) is 11.1 Å². The highest BCUT2D eigenvalue weighted by molar-refractivity contribution is 7.86. The van der Waals surface area contributed by atoms with Crippen LogP contribution in [0, 0.1) is 0 Å². The molecule has 9 heteroatoms. The number of Topliss-reactive ketones (excluding diaryl/α,β-unsaturated/α-hetero) is 1. The second kappa shape index (κ2) is 9.46. The molecule has 0 aromatic heterocycles. The molecule has 3 aromatic rings. The van der Waals surface area contributed by atoms with Crippen molar-refractivity contribution in [3.05, 3.63) is 108 Å². The van der Waals surface area contributed by atoms with E-state index in [1.165, 1.54) is 0 Å². The molecule has 0 amide bonds. The second-order valence-corrected chi connectivity index (χ2v) is 8.14. The largest absolute Gasteiger partial charge is 0.522 e. The molecular weight excluding hydrogens is 437 g/mol. The Bertz CT molecular complexity index is 1030. The normalized spacial score (nSPS) is 11.9. The van der Waals surface area contributed by atoms with E-state index in [4.69, 9.17) is 25.6 Å². The fourth-order valence-corrected chi connectivity index (χ4v) is 3.01. The fourth-order valence-electron chi connectivity index (χ4n) is 2.59. The number of rotatable bonds is 4. The monoisotopic (exact) mass is 454 g/mol. The SMILES string of the molecule is O=C(c1ccccc1)C(S)(c1ccccc1)c1ccccc1.O=S(=O)(O)C(F)(F)F. The number of benzene rings is 3. The van der Waals surface area contributed by atoms with E-state index in [9.17, 15) is 18.0 Å². The maximum Gasteiger partial charge on any atom is 0.522 e. The fraction of sp³-hybridized carbons (Fsp3) is 0.0952. The minimum absolute atomic E-state index is 0.0196. The summed E-state index contributed by atoms with van der Waals surface area (Å²) in [6.07, 6.45) is 0. The summed E-state index contributed by atoms with van der Waals surface area (Å²) in [7, 11) is -5.84. The first kappa shape index (κ1) is 23.7. The van der Waals surface area contributed by atoms with Gasteiger partial charge in [0.25, 0.3) is 0 Å². The molecule has 0 saturated heterocycles. The second-order valence-electron chi connectivity index (χ2n) is 6.06. The summed E-state index contributed by atoms with van der Waals surface area (Å²) in [5.74, 6) is -0.0196. The molecule has 158 valence electrons. The molecule has 0 atom stereocenters. The smallest absolute Gasteiger partial charge is 0.292 e. The van der Waals surface area contributed by atoms with E-state index in [-0.39, 0.29) is 5.78 Å². The first-order valence-electron chi connectivity index (χ1n) is 8.45. The van der Waals surface area contributed by atoms with Gasteiger partial charge in [-0.15, -0.1) is 0 Å². The number of carbonyl (C=O) groups is 1. The molecule has 0 aliphatic heterocycles. The van der Waals surface area contributed by atoms with Gasteiger partial charge in [-0.25, -0.2) is 0 Å². The van der Waals surface area contributed by atoms with Crippen molar-refractivity contribution in [3.63, 3.8) is 0 Å². The van der Waals surface area contributed by atoms with E-state index >= 15 is 0 Å². The molecule has 0 aliphatic carbocycles. The van der Waals surface area contributed by atoms with Crippen molar-refractivity contribution in [2.75, 3.05) is 0 Å². The Labute approximate surface area is 177 Å². The minimum atomic E-state index is -5.84. The molecule has 3 aromatic carbocycles. The third-order valence-corrected chi connectivity index (χ3v) is 5.34. The van der Waals surface area contributed by atoms with Gasteiger partial charge in [-0.2, -0.15) is 34.2 Å². The number of carbonyl (C=O) groups excluding carboxylic acids is 1. The quantitative estimate of drug-likeness (QED) is 0.248. The van der Waals surface area contributed by atoms with Crippen molar-refractivity contribution < 1.29 is 30.9 Å². The Hall–Kier alpha value is -2.62. The van der Waals surface area contributed by atoms with Crippen molar-refractivity contribution in [2.24, 2.45) is 0 Å². The maximum absolute atomic E-state index is 13.2. The Morgan fingerprint density at radius 3 is 1.33 bits per heavy atom. The average Bonchev–Trinajstić information content (AvgIpc) is 2.73. The molecule has 0 spiro atoms. The van der Waals surface area contributed by atoms with Crippen molar-refractivity contribution in [2.45, 2.75) is 10.3 Å². The number of hydrogen-bond acceptors (Lipinski definition) is 4. The van der Waals surface area contributed by atoms with Gasteiger partial charge in [0.05, 0.1) is 0 Å². The lowest BCUT2D eigenvalue weighted by Crippen LogP contribution is -2.31. The Balaban J connectivity index is 0.000000343. The summed E-state index contributed by atoms with van der Waals surface area (Å²) >= 11 is 4.85. The maximum atomic E-state index is 13.2. The van der Waals surface area contributed by atoms with Crippen LogP contribution in [0.15, 0.2) is 91.0 Å². The summed E-state index contributed by atoms with van der Waals surface area (Å²) < 4.78 is 56.5. The summed E-state index contributed by atoms with van der Waals surface area (Å²) in [4.78, 5) is 13.2. The van der Waals surface area contributed by atoms with Crippen LogP contribution in [0.2, 0.25) is 0 Å². The third kappa shape index (κ3) is 5.50. The van der Waals surface area contributed by atoms with Gasteiger partial charge in [-0.1, -0.05) is 91.0 Å². The van der Waals surface area contributed by atoms with Crippen molar-refractivity contribution in [1.82, 2.24) is 0 Å². The molecule has 0 heterocycles. The van der Waals surface area contributed by atoms with E-state index in [0.29, 0.717) is 5.56 Å². The molecule has 4 nitrogen and oxygen atoms in total. The van der Waals surface area contributed by atoms with Crippen molar-refractivity contribution >= 4 is 28.5 Å². The number of alkyl halides is 3. The van der Waals surface area contributed by atoms with Gasteiger partial charge in [0.2, 0.25) is 0 Å². The summed E-state index contributed by atoms with van der Waals surface area (Å²) in [5.41, 5.74) is -3.13. The first-order chi connectivity index (χ1) is 14.0. The van der Waals surface area contributed by atoms with Crippen LogP contribution >= 0.6 is 12.6 Å². The van der Waals surface area contributed by atoms with Crippen LogP contribution in [0.5, 0.6) is 0 Å². The lowest BCUT2D eigenvalue weighted by molar-refractivity contribution is -0.0510. The molecule has 1 N–H and O–H groups in total. The molecule has 30 heavy (non-hydrogen) atoms. The first-order valence-corrected chi connectivity index (χ1v) is 10.3. The van der Waals surface area contributed by atoms with E-state index in [2.05, 4.69) is 0 Å². The van der Waals surface area contributed by atoms with Crippen LogP contribution in [0.1, 0.15) is 21.5 Å². The Morgan fingerprint density at radius 1 is 0.733 bits per heavy atom. The van der Waals surface area contributed by atoms with Gasteiger partial charge in [0, 0.05) is 5.56 Å². The molecule has 0 bridgehead atoms. The van der Waals surface area contributed by atoms with Crippen LogP contribution in [-0.4, -0.2) is 24.3 Å². The highest BCUT2D eigenvalue weighted by atomic mass is 32.2. The summed E-state index contributed by atoms with van der Waals surface area (Å²) in [6.45, 7) is 0. The predicted molar refractivity (Wildman–Crippen MR) is 111 cm³/mol. The Kier molecular flexibility index (Phi) is 7.46. The van der Waals surface area contributed by atoms with Crippen LogP contribution in [0.3, 0.4) is 0 Å². The predicted octanol–water partition coefficient (Wildman–Crippen LogP) is 5.14. The topological polar surface area (TPSA) is 71.4 Å². The van der Waals surface area contributed by atoms with Gasteiger partial charge < -0.3 is 0 Å². The summed E-state index contributed by atoms with van der Waals surface area (Å²) in [5, 5.41) is 0. The van der Waals surface area contributed by atoms with Gasteiger partial charge in [0.15, 0.2) is 5.78 Å². The average molecular weight is 454 g/mol. The Morgan fingerprint density at radius 2 is 1.03 bits per heavy atom. The van der Waals surface area contributed by atoms with Gasteiger partial charge in [-0.3, -0.25) is 9.35 Å². The van der Waals surface area contributed by atoms with Crippen molar-refractivity contribution in [3.8, 4) is 0 Å². The minimum Gasteiger partial charge on any atom is -0.292 e. The van der Waals surface area contributed by atoms with E-state index in [0.717, 1.165) is 11.1 Å². The standard InChI is InChI=1S/C20H16OS.CHF3O3S/c21-19(16-10-4-1-5-11-16)20(22,17-12-6-2-7-13-17)18-14-8-3-9-15-18;2-1(3,4)8(5,6)7/h1-15,22H;(H,5,6,7). The number of hydrogen-bond donors (Lipinski definition) is 2. The van der Waals surface area contributed by atoms with Crippen LogP contribution in [0.25, 0.3) is 0 Å². The van der Waals surface area contributed by atoms with E-state index in [1.54, 1.807) is 0 Å². The lowest BCUT2D eigenvalue weighted by Gasteiger charge is -2.28. The number of halogens is 3. The zero-order chi connectivity index (χ0) is 22.4. The number of ketones is 1. The lowest BCUT2D eigenvalue weighted by atomic mass is 9.84. The zero-order valence-corrected chi connectivity index (χ0v) is 17.0. The highest BCUT2D eigenvalue weighted by Crippen LogP contribution is 2.39. The number of thiol groups is 1. The van der Waals surface area contributed by atoms with Gasteiger partial charge in [0.1, 0.15) is 4.75 Å². The zero-order valence-electron chi connectivity index (χ0n) is 15.3. The van der Waals surface area contributed by atoms with Crippen LogP contribution in [-0.2, 0) is 14.9 Å². The molecule has 0 radical (unpaired) electrons. The molecular formula is C21H17F3O4S2. The highest BCUT2D eigenvalue weighted by Gasteiger charge is 2.44. The molecule has 0 unspecified atom stereocenters. The molecule has 0 aliphatic rings. The van der Waals surface area contributed by atoms with Gasteiger partial charge >= 0.3 is 15.6 Å². The van der Waals surface area contributed by atoms with Crippen LogP contribution in [0.4, 0.5) is 13.2 Å². The van der Waals surface area contributed by atoms with Crippen molar-refractivity contribution in [1.29, 1.82) is 0 Å². The molecule has 0 saturated carbocycles. The summed E-state index contributed by atoms with van der Waals surface area (Å²) in [6, 6.07) is 28.7. The third-order valence-electron chi connectivity index (χ3n) is 4.04.